The van der Waals surface area contributed by atoms with Crippen LogP contribution < -0.4 is 5.32 Å². The number of halogens is 1. The lowest BCUT2D eigenvalue weighted by molar-refractivity contribution is 0.666. The molecule has 0 saturated carbocycles. The second kappa shape index (κ2) is 5.19. The highest BCUT2D eigenvalue weighted by atomic mass is 35.5. The van der Waals surface area contributed by atoms with Gasteiger partial charge in [0.25, 0.3) is 0 Å². The van der Waals surface area contributed by atoms with Crippen molar-refractivity contribution < 1.29 is 0 Å². The Bertz CT molecular complexity index is 487. The van der Waals surface area contributed by atoms with Gasteiger partial charge in [0.05, 0.1) is 23.0 Å². The van der Waals surface area contributed by atoms with Crippen molar-refractivity contribution in [3.63, 3.8) is 0 Å². The minimum absolute atomic E-state index is 0.632. The van der Waals surface area contributed by atoms with Gasteiger partial charge in [0.2, 0.25) is 0 Å². The predicted octanol–water partition coefficient (Wildman–Crippen LogP) is 2.72. The molecule has 1 N–H and O–H groups in total. The van der Waals surface area contributed by atoms with E-state index in [9.17, 15) is 0 Å². The summed E-state index contributed by atoms with van der Waals surface area (Å²) in [7, 11) is 0. The zero-order chi connectivity index (χ0) is 12.3. The predicted molar refractivity (Wildman–Crippen MR) is 69.5 cm³/mol. The molecule has 0 saturated heterocycles. The summed E-state index contributed by atoms with van der Waals surface area (Å²) in [4.78, 5) is 4.48. The van der Waals surface area contributed by atoms with Crippen LogP contribution in [0.5, 0.6) is 0 Å². The van der Waals surface area contributed by atoms with E-state index in [4.69, 9.17) is 11.6 Å². The van der Waals surface area contributed by atoms with Crippen LogP contribution in [0.1, 0.15) is 18.3 Å². The Labute approximate surface area is 106 Å². The van der Waals surface area contributed by atoms with Crippen LogP contribution in [0.15, 0.2) is 24.4 Å². The summed E-state index contributed by atoms with van der Waals surface area (Å²) in [6.45, 7) is 5.43. The molecule has 0 aliphatic carbocycles. The van der Waals surface area contributed by atoms with Crippen LogP contribution in [0.4, 0.5) is 5.82 Å². The Balaban J connectivity index is 2.15. The standard InChI is InChI=1S/C12H15ClN4/c1-3-14-12-6-4-5-10(15-12)7-17-8-11(13)9(2)16-17/h4-6,8H,3,7H2,1-2H3,(H,14,15). The highest BCUT2D eigenvalue weighted by Gasteiger charge is 2.03. The average Bonchev–Trinajstić information content (AvgIpc) is 2.59. The molecular formula is C12H15ClN4. The fourth-order valence-corrected chi connectivity index (χ4v) is 1.74. The van der Waals surface area contributed by atoms with Crippen LogP contribution in [0.25, 0.3) is 0 Å². The maximum Gasteiger partial charge on any atom is 0.126 e. The summed E-state index contributed by atoms with van der Waals surface area (Å²) in [5.41, 5.74) is 1.80. The molecule has 2 aromatic rings. The lowest BCUT2D eigenvalue weighted by Gasteiger charge is -2.05. The molecule has 0 radical (unpaired) electrons. The number of hydrogen-bond donors (Lipinski definition) is 1. The van der Waals surface area contributed by atoms with Crippen LogP contribution >= 0.6 is 11.6 Å². The smallest absolute Gasteiger partial charge is 0.126 e. The summed E-state index contributed by atoms with van der Waals surface area (Å²) in [6.07, 6.45) is 1.82. The van der Waals surface area contributed by atoms with E-state index in [-0.39, 0.29) is 0 Å². The number of aryl methyl sites for hydroxylation is 1. The Morgan fingerprint density at radius 1 is 1.41 bits per heavy atom. The second-order valence-electron chi connectivity index (χ2n) is 3.80. The molecule has 2 aromatic heterocycles. The molecule has 0 aliphatic rings. The molecule has 4 nitrogen and oxygen atoms in total. The van der Waals surface area contributed by atoms with Gasteiger partial charge in [-0.3, -0.25) is 4.68 Å². The third-order valence-corrected chi connectivity index (χ3v) is 2.75. The summed E-state index contributed by atoms with van der Waals surface area (Å²) >= 11 is 5.96. The molecule has 17 heavy (non-hydrogen) atoms. The lowest BCUT2D eigenvalue weighted by atomic mass is 10.3. The van der Waals surface area contributed by atoms with Crippen LogP contribution in [-0.2, 0) is 6.54 Å². The lowest BCUT2D eigenvalue weighted by Crippen LogP contribution is -2.05. The fourth-order valence-electron chi connectivity index (χ4n) is 1.59. The molecule has 0 amide bonds. The monoisotopic (exact) mass is 250 g/mol. The Hall–Kier alpha value is -1.55. The number of hydrogen-bond acceptors (Lipinski definition) is 3. The number of anilines is 1. The maximum atomic E-state index is 5.96. The van der Waals surface area contributed by atoms with E-state index in [1.807, 2.05) is 38.2 Å². The molecule has 0 aliphatic heterocycles. The first-order valence-electron chi connectivity index (χ1n) is 5.58. The maximum absolute atomic E-state index is 5.96. The summed E-state index contributed by atoms with van der Waals surface area (Å²) in [5, 5.41) is 8.18. The molecule has 5 heteroatoms. The van der Waals surface area contributed by atoms with Gasteiger partial charge in [-0.25, -0.2) is 4.98 Å². The highest BCUT2D eigenvalue weighted by molar-refractivity contribution is 6.31. The van der Waals surface area contributed by atoms with Crippen molar-refractivity contribution in [3.05, 3.63) is 40.8 Å². The van der Waals surface area contributed by atoms with Crippen molar-refractivity contribution in [3.8, 4) is 0 Å². The van der Waals surface area contributed by atoms with Gasteiger partial charge in [0, 0.05) is 12.7 Å². The third-order valence-electron chi connectivity index (χ3n) is 2.38. The zero-order valence-corrected chi connectivity index (χ0v) is 10.7. The molecule has 2 rings (SSSR count). The number of nitrogens with zero attached hydrogens (tertiary/aromatic N) is 3. The molecule has 0 bridgehead atoms. The minimum Gasteiger partial charge on any atom is -0.370 e. The molecule has 0 spiro atoms. The molecular weight excluding hydrogens is 236 g/mol. The first-order valence-corrected chi connectivity index (χ1v) is 5.96. The van der Waals surface area contributed by atoms with E-state index < -0.39 is 0 Å². The molecule has 0 unspecified atom stereocenters. The van der Waals surface area contributed by atoms with Crippen molar-refractivity contribution in [1.29, 1.82) is 0 Å². The average molecular weight is 251 g/mol. The van der Waals surface area contributed by atoms with Crippen molar-refractivity contribution in [2.24, 2.45) is 0 Å². The third kappa shape index (κ3) is 2.97. The SMILES string of the molecule is CCNc1cccc(Cn2cc(Cl)c(C)n2)n1. The van der Waals surface area contributed by atoms with E-state index in [1.54, 1.807) is 4.68 Å². The van der Waals surface area contributed by atoms with Gasteiger partial charge in [0.15, 0.2) is 0 Å². The minimum atomic E-state index is 0.632. The summed E-state index contributed by atoms with van der Waals surface area (Å²) in [5.74, 6) is 0.889. The van der Waals surface area contributed by atoms with Crippen LogP contribution in [0, 0.1) is 6.92 Å². The van der Waals surface area contributed by atoms with Crippen LogP contribution in [0.3, 0.4) is 0 Å². The van der Waals surface area contributed by atoms with E-state index in [0.717, 1.165) is 23.8 Å². The van der Waals surface area contributed by atoms with Gasteiger partial charge in [-0.1, -0.05) is 17.7 Å². The number of rotatable bonds is 4. The zero-order valence-electron chi connectivity index (χ0n) is 9.94. The number of pyridine rings is 1. The molecule has 2 heterocycles. The number of aromatic nitrogens is 3. The van der Waals surface area contributed by atoms with Crippen LogP contribution in [-0.4, -0.2) is 21.3 Å². The van der Waals surface area contributed by atoms with E-state index in [0.29, 0.717) is 11.6 Å². The molecule has 90 valence electrons. The summed E-state index contributed by atoms with van der Waals surface area (Å²) in [6, 6.07) is 5.92. The van der Waals surface area contributed by atoms with Crippen LogP contribution in [0.2, 0.25) is 5.02 Å². The largest absolute Gasteiger partial charge is 0.370 e. The first kappa shape index (κ1) is 11.9. The summed E-state index contributed by atoms with van der Waals surface area (Å²) < 4.78 is 1.80. The molecule has 0 fully saturated rings. The van der Waals surface area contributed by atoms with Gasteiger partial charge >= 0.3 is 0 Å². The second-order valence-corrected chi connectivity index (χ2v) is 4.21. The van der Waals surface area contributed by atoms with E-state index in [1.165, 1.54) is 0 Å². The van der Waals surface area contributed by atoms with E-state index in [2.05, 4.69) is 15.4 Å². The Morgan fingerprint density at radius 3 is 2.88 bits per heavy atom. The molecule has 0 aromatic carbocycles. The van der Waals surface area contributed by atoms with Crippen molar-refractivity contribution >= 4 is 17.4 Å². The number of nitrogens with one attached hydrogen (secondary N) is 1. The van der Waals surface area contributed by atoms with Crippen molar-refractivity contribution in [1.82, 2.24) is 14.8 Å². The molecule has 0 atom stereocenters. The fraction of sp³-hybridized carbons (Fsp3) is 0.333. The van der Waals surface area contributed by atoms with Crippen molar-refractivity contribution in [2.45, 2.75) is 20.4 Å². The quantitative estimate of drug-likeness (QED) is 0.907. The van der Waals surface area contributed by atoms with Gasteiger partial charge in [-0.15, -0.1) is 0 Å². The Kier molecular flexibility index (Phi) is 3.64. The normalized spacial score (nSPS) is 10.5. The topological polar surface area (TPSA) is 42.7 Å². The highest BCUT2D eigenvalue weighted by Crippen LogP contribution is 2.13. The Morgan fingerprint density at radius 2 is 2.24 bits per heavy atom. The van der Waals surface area contributed by atoms with Gasteiger partial charge < -0.3 is 5.32 Å². The van der Waals surface area contributed by atoms with Gasteiger partial charge in [-0.2, -0.15) is 5.10 Å². The first-order chi connectivity index (χ1) is 8.19. The van der Waals surface area contributed by atoms with Gasteiger partial charge in [-0.05, 0) is 26.0 Å². The van der Waals surface area contributed by atoms with Crippen molar-refractivity contribution in [2.75, 3.05) is 11.9 Å². The van der Waals surface area contributed by atoms with Gasteiger partial charge in [0.1, 0.15) is 5.82 Å². The van der Waals surface area contributed by atoms with E-state index >= 15 is 0 Å².